The van der Waals surface area contributed by atoms with Crippen molar-refractivity contribution < 1.29 is 49.1 Å². The lowest BCUT2D eigenvalue weighted by molar-refractivity contribution is -0.159. The summed E-state index contributed by atoms with van der Waals surface area (Å²) in [5.74, 6) is -3.80. The molecule has 0 radical (unpaired) electrons. The van der Waals surface area contributed by atoms with E-state index in [-0.39, 0.29) is 13.2 Å². The molecule has 0 bridgehead atoms. The fourth-order valence-corrected chi connectivity index (χ4v) is 0.546. The van der Waals surface area contributed by atoms with Gasteiger partial charge in [0.15, 0.2) is 12.2 Å². The molecule has 4 N–H and O–H groups in total. The number of rotatable bonds is 7. The second kappa shape index (κ2) is 16.6. The van der Waals surface area contributed by atoms with E-state index in [1.807, 2.05) is 0 Å². The highest BCUT2D eigenvalue weighted by Gasteiger charge is 2.14. The Morgan fingerprint density at radius 3 is 1.21 bits per heavy atom. The average Bonchev–Trinajstić information content (AvgIpc) is 2.54. The molecule has 24 heavy (non-hydrogen) atoms. The number of carbonyl (C=O) groups excluding carboxylic acids is 2. The monoisotopic (exact) mass is 350 g/mol. The Bertz CT molecular complexity index is 389. The van der Waals surface area contributed by atoms with Gasteiger partial charge in [0, 0.05) is 12.2 Å². The number of aliphatic hydroxyl groups excluding tert-OH is 2. The molecule has 0 amide bonds. The molecule has 0 fully saturated rings. The predicted molar refractivity (Wildman–Crippen MR) is 80.9 cm³/mol. The van der Waals surface area contributed by atoms with Gasteiger partial charge < -0.3 is 29.9 Å². The minimum atomic E-state index is -1.17. The first-order valence-electron chi connectivity index (χ1n) is 6.40. The highest BCUT2D eigenvalue weighted by molar-refractivity contribution is 5.84. The molecule has 10 nitrogen and oxygen atoms in total. The van der Waals surface area contributed by atoms with Gasteiger partial charge in [-0.3, -0.25) is 0 Å². The largest absolute Gasteiger partial charge is 0.479 e. The molecule has 10 heteroatoms. The van der Waals surface area contributed by atoms with Crippen LogP contribution in [0.2, 0.25) is 0 Å². The van der Waals surface area contributed by atoms with Crippen LogP contribution in [0.25, 0.3) is 0 Å². The van der Waals surface area contributed by atoms with E-state index in [0.717, 1.165) is 12.2 Å². The molecule has 0 aromatic rings. The van der Waals surface area contributed by atoms with Crippen LogP contribution in [0.15, 0.2) is 25.3 Å². The first-order valence-corrected chi connectivity index (χ1v) is 6.40. The van der Waals surface area contributed by atoms with E-state index in [2.05, 4.69) is 22.6 Å². The van der Waals surface area contributed by atoms with Crippen LogP contribution < -0.4 is 0 Å². The van der Waals surface area contributed by atoms with Crippen molar-refractivity contribution in [2.24, 2.45) is 0 Å². The van der Waals surface area contributed by atoms with E-state index in [4.69, 9.17) is 20.4 Å². The molecule has 0 aromatic carbocycles. The second-order valence-electron chi connectivity index (χ2n) is 3.69. The summed E-state index contributed by atoms with van der Waals surface area (Å²) in [5, 5.41) is 31.7. The number of carbonyl (C=O) groups is 4. The smallest absolute Gasteiger partial charge is 0.344 e. The van der Waals surface area contributed by atoms with Gasteiger partial charge in [-0.15, -0.1) is 0 Å². The zero-order valence-electron chi connectivity index (χ0n) is 13.4. The summed E-state index contributed by atoms with van der Waals surface area (Å²) in [5.41, 5.74) is 0. The summed E-state index contributed by atoms with van der Waals surface area (Å²) in [4.78, 5) is 40.7. The molecule has 2 unspecified atom stereocenters. The maximum atomic E-state index is 10.3. The van der Waals surface area contributed by atoms with E-state index in [1.165, 1.54) is 13.8 Å². The third-order valence-electron chi connectivity index (χ3n) is 1.71. The van der Waals surface area contributed by atoms with E-state index >= 15 is 0 Å². The van der Waals surface area contributed by atoms with Gasteiger partial charge >= 0.3 is 23.9 Å². The van der Waals surface area contributed by atoms with Crippen molar-refractivity contribution in [3.63, 3.8) is 0 Å². The van der Waals surface area contributed by atoms with Crippen LogP contribution in [0.5, 0.6) is 0 Å². The normalized spacial score (nSPS) is 11.0. The Labute approximate surface area is 138 Å². The lowest BCUT2D eigenvalue weighted by Crippen LogP contribution is -2.22. The molecule has 0 heterocycles. The third-order valence-corrected chi connectivity index (χ3v) is 1.71. The number of aliphatic hydroxyl groups is 2. The number of hydrogen-bond donors (Lipinski definition) is 4. The van der Waals surface area contributed by atoms with Crippen LogP contribution in [-0.2, 0) is 28.7 Å². The van der Waals surface area contributed by atoms with E-state index in [9.17, 15) is 19.2 Å². The van der Waals surface area contributed by atoms with Gasteiger partial charge in [0.05, 0.1) is 13.2 Å². The average molecular weight is 350 g/mol. The Morgan fingerprint density at radius 2 is 1.08 bits per heavy atom. The van der Waals surface area contributed by atoms with Crippen molar-refractivity contribution in [3.8, 4) is 0 Å². The van der Waals surface area contributed by atoms with Crippen molar-refractivity contribution in [2.45, 2.75) is 26.1 Å². The van der Waals surface area contributed by atoms with Crippen LogP contribution in [0.4, 0.5) is 0 Å². The minimum absolute atomic E-state index is 0.125. The molecule has 0 aliphatic carbocycles. The zero-order chi connectivity index (χ0) is 19.7. The second-order valence-corrected chi connectivity index (χ2v) is 3.69. The highest BCUT2D eigenvalue weighted by Crippen LogP contribution is 1.91. The molecule has 0 aliphatic heterocycles. The molecule has 2 atom stereocenters. The molecule has 0 saturated carbocycles. The summed E-state index contributed by atoms with van der Waals surface area (Å²) in [6.07, 6.45) is -0.380. The van der Waals surface area contributed by atoms with Crippen molar-refractivity contribution in [3.05, 3.63) is 25.3 Å². The van der Waals surface area contributed by atoms with Crippen LogP contribution in [0.3, 0.4) is 0 Å². The van der Waals surface area contributed by atoms with Crippen molar-refractivity contribution in [2.75, 3.05) is 13.2 Å². The zero-order valence-corrected chi connectivity index (χ0v) is 13.4. The highest BCUT2D eigenvalue weighted by atomic mass is 16.6. The summed E-state index contributed by atoms with van der Waals surface area (Å²) >= 11 is 0. The predicted octanol–water partition coefficient (Wildman–Crippen LogP) is -0.652. The first-order chi connectivity index (χ1) is 11.1. The molecule has 0 aliphatic rings. The SMILES string of the molecule is C=CC(=O)OC(C)C(=O)O.C=CC(=O)OC(C)C(=O)O.OCCO. The summed E-state index contributed by atoms with van der Waals surface area (Å²) in [6, 6.07) is 0. The van der Waals surface area contributed by atoms with E-state index in [1.54, 1.807) is 0 Å². The van der Waals surface area contributed by atoms with Crippen LogP contribution in [-0.4, -0.2) is 69.7 Å². The quantitative estimate of drug-likeness (QED) is 0.342. The van der Waals surface area contributed by atoms with Crippen LogP contribution >= 0.6 is 0 Å². The number of hydrogen-bond acceptors (Lipinski definition) is 8. The lowest BCUT2D eigenvalue weighted by Gasteiger charge is -2.04. The first kappa shape index (κ1) is 26.2. The molecular formula is C14H22O10. The Kier molecular flexibility index (Phi) is 18.2. The summed E-state index contributed by atoms with van der Waals surface area (Å²) in [7, 11) is 0. The van der Waals surface area contributed by atoms with Crippen molar-refractivity contribution >= 4 is 23.9 Å². The van der Waals surface area contributed by atoms with Crippen molar-refractivity contribution in [1.29, 1.82) is 0 Å². The van der Waals surface area contributed by atoms with Gasteiger partial charge in [-0.05, 0) is 13.8 Å². The standard InChI is InChI=1S/2C6H8O4.C2H6O2/c2*1-3-5(7)10-4(2)6(8)9;3-1-2-4/h2*3-4H,1H2,2H3,(H,8,9);3-4H,1-2H2. The lowest BCUT2D eigenvalue weighted by atomic mass is 10.4. The molecular weight excluding hydrogens is 328 g/mol. The fourth-order valence-electron chi connectivity index (χ4n) is 0.546. The maximum absolute atomic E-state index is 10.3. The van der Waals surface area contributed by atoms with Gasteiger partial charge in [-0.25, -0.2) is 19.2 Å². The number of carboxylic acid groups (broad SMARTS) is 2. The van der Waals surface area contributed by atoms with Gasteiger partial charge in [0.1, 0.15) is 0 Å². The van der Waals surface area contributed by atoms with Crippen LogP contribution in [0.1, 0.15) is 13.8 Å². The van der Waals surface area contributed by atoms with Crippen LogP contribution in [0, 0.1) is 0 Å². The summed E-state index contributed by atoms with van der Waals surface area (Å²) < 4.78 is 8.61. The third kappa shape index (κ3) is 19.3. The van der Waals surface area contributed by atoms with Gasteiger partial charge in [0.2, 0.25) is 0 Å². The Balaban J connectivity index is -0.000000301. The molecule has 138 valence electrons. The Morgan fingerprint density at radius 1 is 0.833 bits per heavy atom. The van der Waals surface area contributed by atoms with Crippen molar-refractivity contribution in [1.82, 2.24) is 0 Å². The number of ether oxygens (including phenoxy) is 2. The fraction of sp³-hybridized carbons (Fsp3) is 0.429. The minimum Gasteiger partial charge on any atom is -0.479 e. The number of carboxylic acids is 2. The molecule has 0 aromatic heterocycles. The number of esters is 2. The Hall–Kier alpha value is -2.72. The molecule has 0 rings (SSSR count). The van der Waals surface area contributed by atoms with Gasteiger partial charge in [-0.1, -0.05) is 13.2 Å². The van der Waals surface area contributed by atoms with Gasteiger partial charge in [-0.2, -0.15) is 0 Å². The topological polar surface area (TPSA) is 168 Å². The van der Waals surface area contributed by atoms with Gasteiger partial charge in [0.25, 0.3) is 0 Å². The molecule has 0 saturated heterocycles. The molecule has 0 spiro atoms. The number of aliphatic carboxylic acids is 2. The maximum Gasteiger partial charge on any atom is 0.344 e. The van der Waals surface area contributed by atoms with E-state index < -0.39 is 36.1 Å². The summed E-state index contributed by atoms with van der Waals surface area (Å²) in [6.45, 7) is 8.50. The van der Waals surface area contributed by atoms with E-state index in [0.29, 0.717) is 0 Å².